The first-order valence-electron chi connectivity index (χ1n) is 12.2. The maximum absolute atomic E-state index is 12.6. The highest BCUT2D eigenvalue weighted by molar-refractivity contribution is 7.90. The molecule has 0 radical (unpaired) electrons. The van der Waals surface area contributed by atoms with Crippen LogP contribution in [-0.4, -0.2) is 52.3 Å². The van der Waals surface area contributed by atoms with E-state index in [4.69, 9.17) is 4.74 Å². The Morgan fingerprint density at radius 3 is 2.45 bits per heavy atom. The molecule has 1 aliphatic carbocycles. The molecule has 4 rings (SSSR count). The average molecular weight is 561 g/mol. The van der Waals surface area contributed by atoms with Crippen LogP contribution in [0, 0.1) is 6.92 Å². The van der Waals surface area contributed by atoms with E-state index in [-0.39, 0.29) is 23.2 Å². The Balaban J connectivity index is 1.39. The highest BCUT2D eigenvalue weighted by atomic mass is 32.2. The van der Waals surface area contributed by atoms with Gasteiger partial charge in [-0.05, 0) is 62.1 Å². The van der Waals surface area contributed by atoms with Crippen molar-refractivity contribution in [1.29, 1.82) is 0 Å². The van der Waals surface area contributed by atoms with Crippen molar-refractivity contribution in [1.82, 2.24) is 19.4 Å². The van der Waals surface area contributed by atoms with E-state index in [2.05, 4.69) is 30.0 Å². The Hall–Kier alpha value is -3.10. The smallest absolute Gasteiger partial charge is 0.240 e. The molecule has 1 aromatic heterocycles. The molecule has 3 aromatic rings. The summed E-state index contributed by atoms with van der Waals surface area (Å²) in [5, 5.41) is 6.06. The van der Waals surface area contributed by atoms with Crippen molar-refractivity contribution >= 4 is 43.2 Å². The fourth-order valence-corrected chi connectivity index (χ4v) is 6.01. The van der Waals surface area contributed by atoms with Crippen LogP contribution in [0.25, 0.3) is 0 Å². The fourth-order valence-electron chi connectivity index (χ4n) is 3.53. The van der Waals surface area contributed by atoms with Crippen LogP contribution in [0.1, 0.15) is 30.4 Å². The molecule has 2 aromatic carbocycles. The molecule has 1 saturated carbocycles. The summed E-state index contributed by atoms with van der Waals surface area (Å²) in [6.45, 7) is 2.87. The second-order valence-corrected chi connectivity index (χ2v) is 12.8. The summed E-state index contributed by atoms with van der Waals surface area (Å²) in [6.07, 6.45) is 3.69. The number of nitrogens with one attached hydrogen (secondary N) is 4. The first-order chi connectivity index (χ1) is 18.2. The summed E-state index contributed by atoms with van der Waals surface area (Å²) in [5.74, 6) is 0.875. The molecule has 0 amide bonds. The topological polar surface area (TPSA) is 151 Å². The Kier molecular flexibility index (Phi) is 8.95. The molecule has 1 fully saturated rings. The highest BCUT2D eigenvalue weighted by Crippen LogP contribution is 2.28. The van der Waals surface area contributed by atoms with Crippen molar-refractivity contribution in [2.45, 2.75) is 42.9 Å². The number of aromatic nitrogens is 2. The van der Waals surface area contributed by atoms with E-state index in [0.717, 1.165) is 29.7 Å². The zero-order chi connectivity index (χ0) is 27.2. The van der Waals surface area contributed by atoms with Crippen LogP contribution in [0.5, 0.6) is 0 Å². The second kappa shape index (κ2) is 12.2. The second-order valence-electron chi connectivity index (χ2n) is 9.01. The van der Waals surface area contributed by atoms with Crippen LogP contribution in [0.15, 0.2) is 59.6 Å². The zero-order valence-electron chi connectivity index (χ0n) is 21.3. The average Bonchev–Trinajstić information content (AvgIpc) is 3.75. The molecule has 0 unspecified atom stereocenters. The van der Waals surface area contributed by atoms with Crippen molar-refractivity contribution in [2.24, 2.45) is 0 Å². The number of anilines is 4. The Morgan fingerprint density at radius 1 is 0.974 bits per heavy atom. The molecular formula is C25H32N6O5S2. The maximum atomic E-state index is 12.6. The van der Waals surface area contributed by atoms with Crippen LogP contribution in [0.4, 0.5) is 23.1 Å². The van der Waals surface area contributed by atoms with Gasteiger partial charge >= 0.3 is 0 Å². The van der Waals surface area contributed by atoms with Crippen LogP contribution < -0.4 is 20.1 Å². The van der Waals surface area contributed by atoms with Gasteiger partial charge < -0.3 is 15.4 Å². The molecule has 204 valence electrons. The molecule has 0 bridgehead atoms. The summed E-state index contributed by atoms with van der Waals surface area (Å²) >= 11 is 0. The zero-order valence-corrected chi connectivity index (χ0v) is 22.9. The molecule has 0 spiro atoms. The van der Waals surface area contributed by atoms with Gasteiger partial charge in [-0.2, -0.15) is 4.98 Å². The van der Waals surface area contributed by atoms with E-state index in [0.29, 0.717) is 30.5 Å². The molecule has 0 aliphatic heterocycles. The minimum absolute atomic E-state index is 0.130. The lowest BCUT2D eigenvalue weighted by Crippen LogP contribution is -2.26. The quantitative estimate of drug-likeness (QED) is 0.218. The summed E-state index contributed by atoms with van der Waals surface area (Å²) in [4.78, 5) is 8.98. The fraction of sp³-hybridized carbons (Fsp3) is 0.360. The first-order valence-corrected chi connectivity index (χ1v) is 15.2. The largest absolute Gasteiger partial charge is 0.385 e. The summed E-state index contributed by atoms with van der Waals surface area (Å²) in [6, 6.07) is 13.8. The lowest BCUT2D eigenvalue weighted by Gasteiger charge is -2.12. The van der Waals surface area contributed by atoms with E-state index in [1.807, 2.05) is 31.2 Å². The molecule has 38 heavy (non-hydrogen) atoms. The molecule has 0 saturated heterocycles. The van der Waals surface area contributed by atoms with Crippen LogP contribution in [-0.2, 0) is 31.3 Å². The van der Waals surface area contributed by atoms with Crippen LogP contribution in [0.3, 0.4) is 0 Å². The standard InChI is InChI=1S/C25H32N6O5S2/c1-18-16-26-25(30-21-5-3-6-23(15-21)38(34,35)27-13-4-14-36-2)31-24(18)29-20-9-7-19(8-10-20)17-28-37(32,33)22-11-12-22/h3,5-10,15-16,22,27-28H,4,11-14,17H2,1-2H3,(H2,26,29,30,31). The van der Waals surface area contributed by atoms with Gasteiger partial charge in [0.15, 0.2) is 0 Å². The van der Waals surface area contributed by atoms with Gasteiger partial charge in [-0.3, -0.25) is 0 Å². The lowest BCUT2D eigenvalue weighted by atomic mass is 10.2. The van der Waals surface area contributed by atoms with Crippen molar-refractivity contribution in [2.75, 3.05) is 30.9 Å². The molecule has 1 heterocycles. The Bertz CT molecular complexity index is 1460. The number of aryl methyl sites for hydroxylation is 1. The van der Waals surface area contributed by atoms with Crippen LogP contribution >= 0.6 is 0 Å². The third kappa shape index (κ3) is 7.71. The minimum Gasteiger partial charge on any atom is -0.385 e. The van der Waals surface area contributed by atoms with Gasteiger partial charge in [-0.25, -0.2) is 31.3 Å². The van der Waals surface area contributed by atoms with Gasteiger partial charge in [-0.1, -0.05) is 18.2 Å². The Labute approximate surface area is 223 Å². The number of sulfonamides is 2. The van der Waals surface area contributed by atoms with Gasteiger partial charge in [0.2, 0.25) is 26.0 Å². The number of benzene rings is 2. The number of ether oxygens (including phenoxy) is 1. The van der Waals surface area contributed by atoms with Crippen LogP contribution in [0.2, 0.25) is 0 Å². The van der Waals surface area contributed by atoms with Gasteiger partial charge in [0.05, 0.1) is 10.1 Å². The molecular weight excluding hydrogens is 528 g/mol. The maximum Gasteiger partial charge on any atom is 0.240 e. The van der Waals surface area contributed by atoms with Crippen molar-refractivity contribution in [3.63, 3.8) is 0 Å². The van der Waals surface area contributed by atoms with E-state index in [1.165, 1.54) is 12.1 Å². The Morgan fingerprint density at radius 2 is 1.74 bits per heavy atom. The predicted octanol–water partition coefficient (Wildman–Crippen LogP) is 3.17. The van der Waals surface area contributed by atoms with E-state index < -0.39 is 20.0 Å². The van der Waals surface area contributed by atoms with Gasteiger partial charge in [0.1, 0.15) is 5.82 Å². The number of methoxy groups -OCH3 is 1. The van der Waals surface area contributed by atoms with Gasteiger partial charge in [0.25, 0.3) is 0 Å². The van der Waals surface area contributed by atoms with Gasteiger partial charge in [-0.15, -0.1) is 0 Å². The van der Waals surface area contributed by atoms with Crippen molar-refractivity contribution in [3.8, 4) is 0 Å². The SMILES string of the molecule is COCCCNS(=O)(=O)c1cccc(Nc2ncc(C)c(Nc3ccc(CNS(=O)(=O)C4CC4)cc3)n2)c1. The monoisotopic (exact) mass is 560 g/mol. The normalized spacial score (nSPS) is 13.8. The highest BCUT2D eigenvalue weighted by Gasteiger charge is 2.35. The third-order valence-corrected chi connectivity index (χ3v) is 9.20. The van der Waals surface area contributed by atoms with E-state index in [9.17, 15) is 16.8 Å². The van der Waals surface area contributed by atoms with Crippen molar-refractivity contribution < 1.29 is 21.6 Å². The van der Waals surface area contributed by atoms with Gasteiger partial charge in [0, 0.05) is 49.9 Å². The summed E-state index contributed by atoms with van der Waals surface area (Å²) in [5.41, 5.74) is 2.97. The molecule has 0 atom stereocenters. The molecule has 13 heteroatoms. The van der Waals surface area contributed by atoms with E-state index in [1.54, 1.807) is 25.4 Å². The van der Waals surface area contributed by atoms with E-state index >= 15 is 0 Å². The molecule has 1 aliphatic rings. The minimum atomic E-state index is -3.66. The molecule has 11 nitrogen and oxygen atoms in total. The first kappa shape index (κ1) is 27.9. The van der Waals surface area contributed by atoms with Crippen molar-refractivity contribution in [3.05, 3.63) is 65.9 Å². The predicted molar refractivity (Wildman–Crippen MR) is 147 cm³/mol. The summed E-state index contributed by atoms with van der Waals surface area (Å²) < 4.78 is 59.4. The lowest BCUT2D eigenvalue weighted by molar-refractivity contribution is 0.196. The number of hydrogen-bond donors (Lipinski definition) is 4. The third-order valence-electron chi connectivity index (χ3n) is 5.85. The molecule has 4 N–H and O–H groups in total. The number of nitrogens with zero attached hydrogens (tertiary/aromatic N) is 2. The number of rotatable bonds is 14. The number of hydrogen-bond acceptors (Lipinski definition) is 9. The summed E-state index contributed by atoms with van der Waals surface area (Å²) in [7, 11) is -5.33.